The van der Waals surface area contributed by atoms with E-state index in [1.54, 1.807) is 7.11 Å². The zero-order chi connectivity index (χ0) is 14.4. The minimum Gasteiger partial charge on any atom is -0.496 e. The van der Waals surface area contributed by atoms with E-state index in [-0.39, 0.29) is 6.10 Å². The highest BCUT2D eigenvalue weighted by Gasteiger charge is 2.15. The molecule has 106 valence electrons. The maximum atomic E-state index is 6.01. The van der Waals surface area contributed by atoms with Crippen LogP contribution in [0.5, 0.6) is 5.75 Å². The largest absolute Gasteiger partial charge is 0.496 e. The van der Waals surface area contributed by atoms with Gasteiger partial charge in [-0.05, 0) is 23.8 Å². The SMILES string of the molecule is COc1ccccc1C(CBr)OCc1cccc(Br)c1. The first-order chi connectivity index (χ1) is 9.74. The first-order valence-corrected chi connectivity index (χ1v) is 8.21. The van der Waals surface area contributed by atoms with Gasteiger partial charge in [0.1, 0.15) is 5.75 Å². The second-order valence-electron chi connectivity index (χ2n) is 4.33. The summed E-state index contributed by atoms with van der Waals surface area (Å²) in [5.41, 5.74) is 2.20. The molecule has 20 heavy (non-hydrogen) atoms. The van der Waals surface area contributed by atoms with Crippen molar-refractivity contribution in [3.8, 4) is 5.75 Å². The average molecular weight is 400 g/mol. The molecule has 2 nitrogen and oxygen atoms in total. The van der Waals surface area contributed by atoms with Gasteiger partial charge < -0.3 is 9.47 Å². The summed E-state index contributed by atoms with van der Waals surface area (Å²) in [5, 5.41) is 0.724. The van der Waals surface area contributed by atoms with Crippen molar-refractivity contribution in [2.45, 2.75) is 12.7 Å². The number of hydrogen-bond acceptors (Lipinski definition) is 2. The van der Waals surface area contributed by atoms with Crippen LogP contribution < -0.4 is 4.74 Å². The van der Waals surface area contributed by atoms with E-state index in [0.29, 0.717) is 6.61 Å². The van der Waals surface area contributed by atoms with Crippen LogP contribution in [0.1, 0.15) is 17.2 Å². The Morgan fingerprint density at radius 2 is 1.90 bits per heavy atom. The molecule has 0 aliphatic carbocycles. The van der Waals surface area contributed by atoms with Crippen LogP contribution in [-0.2, 0) is 11.3 Å². The van der Waals surface area contributed by atoms with Gasteiger partial charge in [0, 0.05) is 15.4 Å². The fourth-order valence-corrected chi connectivity index (χ4v) is 2.96. The molecule has 0 aliphatic rings. The smallest absolute Gasteiger partial charge is 0.124 e. The van der Waals surface area contributed by atoms with Gasteiger partial charge in [-0.2, -0.15) is 0 Å². The average Bonchev–Trinajstić information content (AvgIpc) is 2.48. The van der Waals surface area contributed by atoms with Crippen molar-refractivity contribution in [2.24, 2.45) is 0 Å². The molecule has 4 heteroatoms. The van der Waals surface area contributed by atoms with Gasteiger partial charge in [0.15, 0.2) is 0 Å². The van der Waals surface area contributed by atoms with Crippen LogP contribution in [0.3, 0.4) is 0 Å². The van der Waals surface area contributed by atoms with E-state index >= 15 is 0 Å². The van der Waals surface area contributed by atoms with Crippen molar-refractivity contribution in [1.29, 1.82) is 0 Å². The maximum absolute atomic E-state index is 6.01. The molecular formula is C16H16Br2O2. The third-order valence-corrected chi connectivity index (χ3v) is 4.05. The Balaban J connectivity index is 2.09. The van der Waals surface area contributed by atoms with Gasteiger partial charge in [0.25, 0.3) is 0 Å². The second kappa shape index (κ2) is 7.81. The molecule has 0 fully saturated rings. The zero-order valence-corrected chi connectivity index (χ0v) is 14.4. The third-order valence-electron chi connectivity index (χ3n) is 2.97. The summed E-state index contributed by atoms with van der Waals surface area (Å²) < 4.78 is 12.5. The fourth-order valence-electron chi connectivity index (χ4n) is 1.97. The van der Waals surface area contributed by atoms with Gasteiger partial charge in [-0.3, -0.25) is 0 Å². The highest BCUT2D eigenvalue weighted by molar-refractivity contribution is 9.10. The van der Waals surface area contributed by atoms with Gasteiger partial charge in [-0.15, -0.1) is 0 Å². The molecule has 0 aliphatic heterocycles. The lowest BCUT2D eigenvalue weighted by Gasteiger charge is -2.18. The Labute approximate surface area is 136 Å². The lowest BCUT2D eigenvalue weighted by atomic mass is 10.1. The molecule has 0 spiro atoms. The van der Waals surface area contributed by atoms with E-state index in [2.05, 4.69) is 44.0 Å². The van der Waals surface area contributed by atoms with Crippen molar-refractivity contribution >= 4 is 31.9 Å². The van der Waals surface area contributed by atoms with Crippen molar-refractivity contribution in [1.82, 2.24) is 0 Å². The number of hydrogen-bond donors (Lipinski definition) is 0. The van der Waals surface area contributed by atoms with Crippen LogP contribution >= 0.6 is 31.9 Å². The topological polar surface area (TPSA) is 18.5 Å². The van der Waals surface area contributed by atoms with Crippen LogP contribution in [0.4, 0.5) is 0 Å². The van der Waals surface area contributed by atoms with Gasteiger partial charge in [0.05, 0.1) is 19.8 Å². The molecule has 0 N–H and O–H groups in total. The van der Waals surface area contributed by atoms with Crippen LogP contribution in [0, 0.1) is 0 Å². The number of alkyl halides is 1. The first-order valence-electron chi connectivity index (χ1n) is 6.29. The third kappa shape index (κ3) is 4.08. The molecule has 0 amide bonds. The summed E-state index contributed by atoms with van der Waals surface area (Å²) in [6, 6.07) is 16.1. The van der Waals surface area contributed by atoms with Crippen LogP contribution in [0.2, 0.25) is 0 Å². The van der Waals surface area contributed by atoms with E-state index in [4.69, 9.17) is 9.47 Å². The van der Waals surface area contributed by atoms with E-state index in [9.17, 15) is 0 Å². The van der Waals surface area contributed by atoms with Crippen molar-refractivity contribution in [3.05, 3.63) is 64.1 Å². The highest BCUT2D eigenvalue weighted by Crippen LogP contribution is 2.29. The number of benzene rings is 2. The Morgan fingerprint density at radius 3 is 2.60 bits per heavy atom. The van der Waals surface area contributed by atoms with Crippen LogP contribution in [-0.4, -0.2) is 12.4 Å². The monoisotopic (exact) mass is 398 g/mol. The molecule has 1 atom stereocenters. The van der Waals surface area contributed by atoms with Crippen molar-refractivity contribution < 1.29 is 9.47 Å². The molecular weight excluding hydrogens is 384 g/mol. The normalized spacial score (nSPS) is 12.2. The standard InChI is InChI=1S/C16H16Br2O2/c1-19-15-8-3-2-7-14(15)16(10-17)20-11-12-5-4-6-13(18)9-12/h2-9,16H,10-11H2,1H3. The van der Waals surface area contributed by atoms with Crippen LogP contribution in [0.25, 0.3) is 0 Å². The number of para-hydroxylation sites is 1. The summed E-state index contributed by atoms with van der Waals surface area (Å²) in [4.78, 5) is 0. The molecule has 2 aromatic carbocycles. The van der Waals surface area contributed by atoms with E-state index in [1.807, 2.05) is 36.4 Å². The van der Waals surface area contributed by atoms with E-state index in [1.165, 1.54) is 0 Å². The summed E-state index contributed by atoms with van der Waals surface area (Å²) in [6.07, 6.45) is -0.0369. The lowest BCUT2D eigenvalue weighted by molar-refractivity contribution is 0.0549. The molecule has 0 heterocycles. The minimum atomic E-state index is -0.0369. The minimum absolute atomic E-state index is 0.0369. The van der Waals surface area contributed by atoms with Crippen LogP contribution in [0.15, 0.2) is 53.0 Å². The van der Waals surface area contributed by atoms with Gasteiger partial charge >= 0.3 is 0 Å². The van der Waals surface area contributed by atoms with E-state index in [0.717, 1.165) is 26.7 Å². The number of halogens is 2. The van der Waals surface area contributed by atoms with Gasteiger partial charge in [0.2, 0.25) is 0 Å². The number of rotatable bonds is 6. The Morgan fingerprint density at radius 1 is 1.10 bits per heavy atom. The summed E-state index contributed by atoms with van der Waals surface area (Å²) in [6.45, 7) is 0.563. The molecule has 0 saturated heterocycles. The van der Waals surface area contributed by atoms with Crippen molar-refractivity contribution in [2.75, 3.05) is 12.4 Å². The van der Waals surface area contributed by atoms with E-state index < -0.39 is 0 Å². The predicted octanol–water partition coefficient (Wildman–Crippen LogP) is 5.11. The Hall–Kier alpha value is -0.840. The Bertz CT molecular complexity index is 558. The van der Waals surface area contributed by atoms with Gasteiger partial charge in [-0.1, -0.05) is 62.2 Å². The van der Waals surface area contributed by atoms with Gasteiger partial charge in [-0.25, -0.2) is 0 Å². The highest BCUT2D eigenvalue weighted by atomic mass is 79.9. The Kier molecular flexibility index (Phi) is 6.07. The van der Waals surface area contributed by atoms with Crippen molar-refractivity contribution in [3.63, 3.8) is 0 Å². The fraction of sp³-hybridized carbons (Fsp3) is 0.250. The molecule has 0 saturated carbocycles. The zero-order valence-electron chi connectivity index (χ0n) is 11.2. The summed E-state index contributed by atoms with van der Waals surface area (Å²) in [7, 11) is 1.68. The second-order valence-corrected chi connectivity index (χ2v) is 5.89. The number of methoxy groups -OCH3 is 1. The molecule has 1 unspecified atom stereocenters. The molecule has 2 rings (SSSR count). The number of ether oxygens (including phenoxy) is 2. The predicted molar refractivity (Wildman–Crippen MR) is 88.5 cm³/mol. The summed E-state index contributed by atoms with van der Waals surface area (Å²) >= 11 is 6.98. The summed E-state index contributed by atoms with van der Waals surface area (Å²) in [5.74, 6) is 0.853. The first kappa shape index (κ1) is 15.5. The molecule has 0 bridgehead atoms. The quantitative estimate of drug-likeness (QED) is 0.628. The molecule has 0 aromatic heterocycles. The lowest BCUT2D eigenvalue weighted by Crippen LogP contribution is -2.07. The maximum Gasteiger partial charge on any atom is 0.124 e. The molecule has 2 aromatic rings. The molecule has 0 radical (unpaired) electrons.